The molecule has 26 heavy (non-hydrogen) atoms. The molecule has 0 aliphatic heterocycles. The lowest BCUT2D eigenvalue weighted by molar-refractivity contribution is 0.101. The molecule has 1 unspecified atom stereocenters. The molecule has 2 amide bonds. The van der Waals surface area contributed by atoms with Crippen molar-refractivity contribution < 1.29 is 9.59 Å². The molecule has 1 heterocycles. The van der Waals surface area contributed by atoms with E-state index < -0.39 is 0 Å². The number of nitrogens with one attached hydrogen (secondary N) is 2. The summed E-state index contributed by atoms with van der Waals surface area (Å²) in [5.41, 5.74) is 3.14. The highest BCUT2D eigenvalue weighted by Crippen LogP contribution is 2.21. The molecule has 0 saturated carbocycles. The number of Topliss-reactive ketones (excluding diaryl/α,β-unsaturated/α-hetero) is 1. The van der Waals surface area contributed by atoms with Gasteiger partial charge in [-0.1, -0.05) is 30.3 Å². The Hall–Kier alpha value is -3.47. The van der Waals surface area contributed by atoms with Crippen LogP contribution in [-0.4, -0.2) is 16.8 Å². The van der Waals surface area contributed by atoms with Gasteiger partial charge in [0.15, 0.2) is 5.78 Å². The van der Waals surface area contributed by atoms with Crippen molar-refractivity contribution in [3.63, 3.8) is 0 Å². The number of hydrogen-bond acceptors (Lipinski definition) is 3. The summed E-state index contributed by atoms with van der Waals surface area (Å²) in [5.74, 6) is -0.0113. The standard InChI is InChI=1S/C21H19N3O2/c1-15(25)16-7-9-19(10-8-16)23-21(26)24-20(17-5-3-2-4-6-17)18-11-13-22-14-12-18/h2-14,20H,1H3,(H2,23,24,26). The minimum Gasteiger partial charge on any atom is -0.327 e. The van der Waals surface area contributed by atoms with Crippen LogP contribution in [0.2, 0.25) is 0 Å². The zero-order valence-electron chi connectivity index (χ0n) is 14.3. The zero-order valence-corrected chi connectivity index (χ0v) is 14.3. The minimum atomic E-state index is -0.328. The number of urea groups is 1. The quantitative estimate of drug-likeness (QED) is 0.681. The monoisotopic (exact) mass is 345 g/mol. The maximum absolute atomic E-state index is 12.5. The van der Waals surface area contributed by atoms with E-state index in [9.17, 15) is 9.59 Å². The first-order valence-corrected chi connectivity index (χ1v) is 8.27. The summed E-state index contributed by atoms with van der Waals surface area (Å²) in [7, 11) is 0. The molecular weight excluding hydrogens is 326 g/mol. The van der Waals surface area contributed by atoms with Gasteiger partial charge in [-0.05, 0) is 54.4 Å². The van der Waals surface area contributed by atoms with Gasteiger partial charge in [0.05, 0.1) is 6.04 Å². The number of nitrogens with zero attached hydrogens (tertiary/aromatic N) is 1. The zero-order chi connectivity index (χ0) is 18.4. The Morgan fingerprint density at radius 2 is 1.46 bits per heavy atom. The minimum absolute atomic E-state index is 0.0113. The third-order valence-electron chi connectivity index (χ3n) is 4.00. The average Bonchev–Trinajstić information content (AvgIpc) is 2.68. The molecule has 3 aromatic rings. The van der Waals surface area contributed by atoms with E-state index in [1.54, 1.807) is 36.7 Å². The molecule has 3 rings (SSSR count). The maximum atomic E-state index is 12.5. The van der Waals surface area contributed by atoms with E-state index in [-0.39, 0.29) is 17.9 Å². The molecule has 1 atom stereocenters. The van der Waals surface area contributed by atoms with Crippen LogP contribution < -0.4 is 10.6 Å². The van der Waals surface area contributed by atoms with Crippen molar-refractivity contribution in [1.29, 1.82) is 0 Å². The Morgan fingerprint density at radius 3 is 2.08 bits per heavy atom. The molecule has 2 N–H and O–H groups in total. The van der Waals surface area contributed by atoms with Crippen LogP contribution in [0, 0.1) is 0 Å². The number of pyridine rings is 1. The lowest BCUT2D eigenvalue weighted by atomic mass is 10.00. The molecule has 0 bridgehead atoms. The van der Waals surface area contributed by atoms with Gasteiger partial charge in [-0.25, -0.2) is 4.79 Å². The van der Waals surface area contributed by atoms with Crippen molar-refractivity contribution >= 4 is 17.5 Å². The van der Waals surface area contributed by atoms with E-state index in [1.165, 1.54) is 6.92 Å². The predicted octanol–water partition coefficient (Wildman–Crippen LogP) is 4.20. The van der Waals surface area contributed by atoms with Gasteiger partial charge in [-0.2, -0.15) is 0 Å². The molecule has 130 valence electrons. The summed E-state index contributed by atoms with van der Waals surface area (Å²) in [6, 6.07) is 19.7. The molecule has 1 aromatic heterocycles. The van der Waals surface area contributed by atoms with E-state index in [4.69, 9.17) is 0 Å². The van der Waals surface area contributed by atoms with Gasteiger partial charge in [0.25, 0.3) is 0 Å². The number of rotatable bonds is 5. The third kappa shape index (κ3) is 4.33. The Bertz CT molecular complexity index is 839. The lowest BCUT2D eigenvalue weighted by Crippen LogP contribution is -2.33. The second-order valence-corrected chi connectivity index (χ2v) is 5.86. The van der Waals surface area contributed by atoms with Gasteiger partial charge in [0, 0.05) is 23.6 Å². The number of aromatic nitrogens is 1. The van der Waals surface area contributed by atoms with Crippen molar-refractivity contribution in [2.45, 2.75) is 13.0 Å². The molecule has 5 nitrogen and oxygen atoms in total. The van der Waals surface area contributed by atoms with Crippen molar-refractivity contribution in [3.05, 3.63) is 95.8 Å². The van der Waals surface area contributed by atoms with Crippen LogP contribution in [0.5, 0.6) is 0 Å². The topological polar surface area (TPSA) is 71.1 Å². The Morgan fingerprint density at radius 1 is 0.846 bits per heavy atom. The number of ketones is 1. The molecule has 0 saturated heterocycles. The van der Waals surface area contributed by atoms with Gasteiger partial charge < -0.3 is 10.6 Å². The van der Waals surface area contributed by atoms with Gasteiger partial charge in [-0.15, -0.1) is 0 Å². The fourth-order valence-electron chi connectivity index (χ4n) is 2.65. The largest absolute Gasteiger partial charge is 0.327 e. The molecule has 0 fully saturated rings. The van der Waals surface area contributed by atoms with Crippen molar-refractivity contribution in [1.82, 2.24) is 10.3 Å². The lowest BCUT2D eigenvalue weighted by Gasteiger charge is -2.20. The van der Waals surface area contributed by atoms with Gasteiger partial charge in [-0.3, -0.25) is 9.78 Å². The molecule has 0 aliphatic carbocycles. The SMILES string of the molecule is CC(=O)c1ccc(NC(=O)NC(c2ccccc2)c2ccncc2)cc1. The Balaban J connectivity index is 1.76. The number of amides is 2. The highest BCUT2D eigenvalue weighted by Gasteiger charge is 2.16. The molecule has 0 spiro atoms. The number of carbonyl (C=O) groups excluding carboxylic acids is 2. The van der Waals surface area contributed by atoms with Crippen LogP contribution in [0.15, 0.2) is 79.1 Å². The van der Waals surface area contributed by atoms with Crippen molar-refractivity contribution in [2.24, 2.45) is 0 Å². The van der Waals surface area contributed by atoms with Crippen LogP contribution in [0.25, 0.3) is 0 Å². The van der Waals surface area contributed by atoms with Crippen LogP contribution in [0.4, 0.5) is 10.5 Å². The van der Waals surface area contributed by atoms with Crippen LogP contribution in [0.1, 0.15) is 34.5 Å². The molecular formula is C21H19N3O2. The first-order chi connectivity index (χ1) is 12.6. The van der Waals surface area contributed by atoms with Gasteiger partial charge >= 0.3 is 6.03 Å². The average molecular weight is 345 g/mol. The molecule has 5 heteroatoms. The fraction of sp³-hybridized carbons (Fsp3) is 0.0952. The number of hydrogen-bond donors (Lipinski definition) is 2. The molecule has 0 radical (unpaired) electrons. The van der Waals surface area contributed by atoms with E-state index in [0.29, 0.717) is 11.3 Å². The summed E-state index contributed by atoms with van der Waals surface area (Å²) in [5, 5.41) is 5.79. The van der Waals surface area contributed by atoms with E-state index in [2.05, 4.69) is 15.6 Å². The number of anilines is 1. The highest BCUT2D eigenvalue weighted by molar-refractivity contribution is 5.95. The molecule has 0 aliphatic rings. The summed E-state index contributed by atoms with van der Waals surface area (Å²) < 4.78 is 0. The number of benzene rings is 2. The second kappa shape index (κ2) is 8.07. The highest BCUT2D eigenvalue weighted by atomic mass is 16.2. The molecule has 2 aromatic carbocycles. The van der Waals surface area contributed by atoms with Crippen LogP contribution in [-0.2, 0) is 0 Å². The van der Waals surface area contributed by atoms with E-state index in [1.807, 2.05) is 42.5 Å². The maximum Gasteiger partial charge on any atom is 0.319 e. The summed E-state index contributed by atoms with van der Waals surface area (Å²) in [6.07, 6.45) is 3.40. The van der Waals surface area contributed by atoms with Crippen molar-refractivity contribution in [3.8, 4) is 0 Å². The summed E-state index contributed by atoms with van der Waals surface area (Å²) >= 11 is 0. The smallest absolute Gasteiger partial charge is 0.319 e. The van der Waals surface area contributed by atoms with Crippen molar-refractivity contribution in [2.75, 3.05) is 5.32 Å². The normalized spacial score (nSPS) is 11.4. The van der Waals surface area contributed by atoms with Gasteiger partial charge in [0.1, 0.15) is 0 Å². The fourth-order valence-corrected chi connectivity index (χ4v) is 2.65. The van der Waals surface area contributed by atoms with Crippen LogP contribution in [0.3, 0.4) is 0 Å². The third-order valence-corrected chi connectivity index (χ3v) is 4.00. The van der Waals surface area contributed by atoms with E-state index in [0.717, 1.165) is 11.1 Å². The summed E-state index contributed by atoms with van der Waals surface area (Å²) in [4.78, 5) is 27.9. The first kappa shape index (κ1) is 17.4. The Kier molecular flexibility index (Phi) is 5.39. The number of carbonyl (C=O) groups is 2. The van der Waals surface area contributed by atoms with Gasteiger partial charge in [0.2, 0.25) is 0 Å². The van der Waals surface area contributed by atoms with Crippen LogP contribution >= 0.6 is 0 Å². The predicted molar refractivity (Wildman–Crippen MR) is 101 cm³/mol. The second-order valence-electron chi connectivity index (χ2n) is 5.86. The Labute approximate surface area is 152 Å². The summed E-state index contributed by atoms with van der Waals surface area (Å²) in [6.45, 7) is 1.51. The van der Waals surface area contributed by atoms with E-state index >= 15 is 0 Å². The first-order valence-electron chi connectivity index (χ1n) is 8.27.